The van der Waals surface area contributed by atoms with Crippen molar-refractivity contribution >= 4 is 11.7 Å². The zero-order valence-electron chi connectivity index (χ0n) is 16.9. The minimum absolute atomic E-state index is 0.183. The first kappa shape index (κ1) is 20.0. The molecular weight excluding hydrogens is 397 g/mol. The number of halogens is 1. The molecule has 0 bridgehead atoms. The third kappa shape index (κ3) is 3.91. The highest BCUT2D eigenvalue weighted by Crippen LogP contribution is 2.30. The second-order valence-corrected chi connectivity index (χ2v) is 6.92. The van der Waals surface area contributed by atoms with Gasteiger partial charge in [-0.25, -0.2) is 4.39 Å². The highest BCUT2D eigenvalue weighted by Gasteiger charge is 2.21. The summed E-state index contributed by atoms with van der Waals surface area (Å²) in [7, 11) is 0. The fourth-order valence-corrected chi connectivity index (χ4v) is 3.29. The minimum Gasteiger partial charge on any atom is -0.309 e. The molecule has 0 fully saturated rings. The predicted octanol–water partition coefficient (Wildman–Crippen LogP) is 3.40. The molecule has 0 aliphatic carbocycles. The number of benzene rings is 2. The van der Waals surface area contributed by atoms with Crippen LogP contribution in [0.3, 0.4) is 0 Å². The quantitative estimate of drug-likeness (QED) is 0.538. The third-order valence-corrected chi connectivity index (χ3v) is 4.94. The lowest BCUT2D eigenvalue weighted by Crippen LogP contribution is -2.22. The van der Waals surface area contributed by atoms with Gasteiger partial charge in [-0.3, -0.25) is 9.36 Å². The van der Waals surface area contributed by atoms with Gasteiger partial charge in [0.1, 0.15) is 24.2 Å². The van der Waals surface area contributed by atoms with Crippen molar-refractivity contribution in [2.75, 3.05) is 5.32 Å². The Morgan fingerprint density at radius 2 is 1.84 bits per heavy atom. The second kappa shape index (κ2) is 8.20. The first-order chi connectivity index (χ1) is 15.0. The van der Waals surface area contributed by atoms with Crippen LogP contribution >= 0.6 is 0 Å². The number of hydrogen-bond acceptors (Lipinski definition) is 5. The van der Waals surface area contributed by atoms with Gasteiger partial charge in [0.15, 0.2) is 0 Å². The predicted molar refractivity (Wildman–Crippen MR) is 112 cm³/mol. The van der Waals surface area contributed by atoms with Crippen LogP contribution in [0.5, 0.6) is 0 Å². The molecule has 0 spiro atoms. The SMILES string of the molecule is Cc1c(C#N)c(NC(=O)Cn2nnc(-c3ccccc3)n2)n(-c2ccc(F)cc2)c1C. The molecule has 154 valence electrons. The summed E-state index contributed by atoms with van der Waals surface area (Å²) in [6.07, 6.45) is 0. The summed E-state index contributed by atoms with van der Waals surface area (Å²) < 4.78 is 15.1. The van der Waals surface area contributed by atoms with Crippen LogP contribution in [0.25, 0.3) is 17.1 Å². The van der Waals surface area contributed by atoms with Gasteiger partial charge >= 0.3 is 0 Å². The van der Waals surface area contributed by atoms with Crippen LogP contribution in [0, 0.1) is 31.0 Å². The van der Waals surface area contributed by atoms with E-state index in [1.165, 1.54) is 16.9 Å². The van der Waals surface area contributed by atoms with E-state index in [-0.39, 0.29) is 12.4 Å². The average Bonchev–Trinajstić information content (AvgIpc) is 3.32. The Morgan fingerprint density at radius 3 is 2.52 bits per heavy atom. The number of tetrazole rings is 1. The van der Waals surface area contributed by atoms with E-state index >= 15 is 0 Å². The summed E-state index contributed by atoms with van der Waals surface area (Å²) in [6, 6.07) is 17.3. The van der Waals surface area contributed by atoms with Crippen molar-refractivity contribution < 1.29 is 9.18 Å². The van der Waals surface area contributed by atoms with Crippen LogP contribution in [0.2, 0.25) is 0 Å². The number of nitrogens with one attached hydrogen (secondary N) is 1. The van der Waals surface area contributed by atoms with E-state index in [2.05, 4.69) is 26.8 Å². The number of nitrogens with zero attached hydrogens (tertiary/aromatic N) is 6. The van der Waals surface area contributed by atoms with Gasteiger partial charge in [-0.15, -0.1) is 10.2 Å². The molecule has 2 heterocycles. The van der Waals surface area contributed by atoms with Gasteiger partial charge < -0.3 is 5.32 Å². The van der Waals surface area contributed by atoms with E-state index in [0.29, 0.717) is 22.9 Å². The number of aromatic nitrogens is 5. The van der Waals surface area contributed by atoms with Crippen LogP contribution in [-0.2, 0) is 11.3 Å². The molecule has 0 saturated carbocycles. The number of anilines is 1. The normalized spacial score (nSPS) is 10.6. The Morgan fingerprint density at radius 1 is 1.13 bits per heavy atom. The van der Waals surface area contributed by atoms with Crippen LogP contribution in [0.15, 0.2) is 54.6 Å². The lowest BCUT2D eigenvalue weighted by Gasteiger charge is -2.13. The Bertz CT molecular complexity index is 1280. The lowest BCUT2D eigenvalue weighted by atomic mass is 10.2. The van der Waals surface area contributed by atoms with Gasteiger partial charge in [0, 0.05) is 16.9 Å². The Kier molecular flexibility index (Phi) is 5.28. The smallest absolute Gasteiger partial charge is 0.249 e. The third-order valence-electron chi connectivity index (χ3n) is 4.94. The summed E-state index contributed by atoms with van der Waals surface area (Å²) in [5, 5.41) is 24.6. The number of rotatable bonds is 5. The zero-order chi connectivity index (χ0) is 22.0. The molecule has 4 aromatic rings. The van der Waals surface area contributed by atoms with E-state index in [4.69, 9.17) is 0 Å². The summed E-state index contributed by atoms with van der Waals surface area (Å²) >= 11 is 0. The standard InChI is InChI=1S/C22H18FN7O/c1-14-15(2)30(18-10-8-17(23)9-11-18)22(19(14)12-24)25-20(31)13-29-27-21(26-28-29)16-6-4-3-5-7-16/h3-11H,13H2,1-2H3,(H,25,31). The summed E-state index contributed by atoms with van der Waals surface area (Å²) in [4.78, 5) is 13.9. The largest absolute Gasteiger partial charge is 0.309 e. The number of carbonyl (C=O) groups is 1. The van der Waals surface area contributed by atoms with Crippen molar-refractivity contribution in [1.29, 1.82) is 5.26 Å². The highest BCUT2D eigenvalue weighted by atomic mass is 19.1. The van der Waals surface area contributed by atoms with Crippen LogP contribution in [0.1, 0.15) is 16.8 Å². The van der Waals surface area contributed by atoms with Crippen molar-refractivity contribution in [2.45, 2.75) is 20.4 Å². The molecule has 0 saturated heterocycles. The van der Waals surface area contributed by atoms with E-state index in [0.717, 1.165) is 16.8 Å². The van der Waals surface area contributed by atoms with Crippen LogP contribution in [0.4, 0.5) is 10.2 Å². The van der Waals surface area contributed by atoms with Gasteiger partial charge in [0.25, 0.3) is 0 Å². The highest BCUT2D eigenvalue weighted by molar-refractivity contribution is 5.92. The van der Waals surface area contributed by atoms with Crippen molar-refractivity contribution in [3.05, 3.63) is 77.2 Å². The maximum absolute atomic E-state index is 13.4. The summed E-state index contributed by atoms with van der Waals surface area (Å²) in [6.45, 7) is 3.45. The summed E-state index contributed by atoms with van der Waals surface area (Å²) in [5.41, 5.74) is 3.25. The molecule has 2 aromatic heterocycles. The number of hydrogen-bond donors (Lipinski definition) is 1. The molecule has 31 heavy (non-hydrogen) atoms. The molecule has 0 unspecified atom stereocenters. The first-order valence-electron chi connectivity index (χ1n) is 9.49. The van der Waals surface area contributed by atoms with Crippen LogP contribution < -0.4 is 5.32 Å². The van der Waals surface area contributed by atoms with Gasteiger partial charge in [-0.05, 0) is 48.9 Å². The van der Waals surface area contributed by atoms with Gasteiger partial charge in [-0.2, -0.15) is 10.1 Å². The molecule has 1 N–H and O–H groups in total. The molecule has 8 nitrogen and oxygen atoms in total. The van der Waals surface area contributed by atoms with E-state index in [1.807, 2.05) is 37.3 Å². The lowest BCUT2D eigenvalue weighted by molar-refractivity contribution is -0.117. The van der Waals surface area contributed by atoms with Crippen molar-refractivity contribution in [3.63, 3.8) is 0 Å². The molecule has 0 atom stereocenters. The van der Waals surface area contributed by atoms with Gasteiger partial charge in [0.05, 0.1) is 5.56 Å². The maximum atomic E-state index is 13.4. The van der Waals surface area contributed by atoms with Crippen molar-refractivity contribution in [2.24, 2.45) is 0 Å². The van der Waals surface area contributed by atoms with E-state index in [9.17, 15) is 14.4 Å². The number of nitriles is 1. The number of carbonyl (C=O) groups excluding carboxylic acids is 1. The molecule has 1 amide bonds. The molecule has 0 aliphatic rings. The average molecular weight is 415 g/mol. The second-order valence-electron chi connectivity index (χ2n) is 6.92. The van der Waals surface area contributed by atoms with Crippen molar-refractivity contribution in [3.8, 4) is 23.1 Å². The Hall–Kier alpha value is -4.32. The Labute approximate surface area is 177 Å². The van der Waals surface area contributed by atoms with Gasteiger partial charge in [0.2, 0.25) is 11.7 Å². The molecule has 0 aliphatic heterocycles. The molecular formula is C22H18FN7O. The van der Waals surface area contributed by atoms with Crippen molar-refractivity contribution in [1.82, 2.24) is 24.8 Å². The monoisotopic (exact) mass is 415 g/mol. The molecule has 2 aromatic carbocycles. The zero-order valence-corrected chi connectivity index (χ0v) is 16.9. The fourth-order valence-electron chi connectivity index (χ4n) is 3.29. The minimum atomic E-state index is -0.422. The van der Waals surface area contributed by atoms with Crippen LogP contribution in [-0.4, -0.2) is 30.7 Å². The topological polar surface area (TPSA) is 101 Å². The molecule has 9 heteroatoms. The number of amides is 1. The molecule has 4 rings (SSSR count). The van der Waals surface area contributed by atoms with E-state index in [1.54, 1.807) is 23.6 Å². The maximum Gasteiger partial charge on any atom is 0.249 e. The summed E-state index contributed by atoms with van der Waals surface area (Å²) in [5.74, 6) is -0.0674. The Balaban J connectivity index is 1.61. The fraction of sp³-hybridized carbons (Fsp3) is 0.136. The van der Waals surface area contributed by atoms with Gasteiger partial charge in [-0.1, -0.05) is 30.3 Å². The van der Waals surface area contributed by atoms with E-state index < -0.39 is 5.91 Å². The first-order valence-corrected chi connectivity index (χ1v) is 9.49. The molecule has 0 radical (unpaired) electrons.